The summed E-state index contributed by atoms with van der Waals surface area (Å²) in [7, 11) is 0. The van der Waals surface area contributed by atoms with Crippen molar-refractivity contribution in [1.82, 2.24) is 5.32 Å². The quantitative estimate of drug-likeness (QED) is 0.756. The van der Waals surface area contributed by atoms with Crippen LogP contribution in [0.3, 0.4) is 0 Å². The molecule has 2 heterocycles. The van der Waals surface area contributed by atoms with Gasteiger partial charge in [0.05, 0.1) is 11.6 Å². The SMILES string of the molecule is CC[C@]1(c2cccc(C3CCC3)c2)C2=CN=NC2NC2=C1C(=O)CC(C)(C)C2. The minimum absolute atomic E-state index is 0.0207. The van der Waals surface area contributed by atoms with Gasteiger partial charge in [0.1, 0.15) is 0 Å². The van der Waals surface area contributed by atoms with Gasteiger partial charge in [0.2, 0.25) is 0 Å². The summed E-state index contributed by atoms with van der Waals surface area (Å²) in [5, 5.41) is 12.3. The highest BCUT2D eigenvalue weighted by Crippen LogP contribution is 2.54. The molecule has 0 bridgehead atoms. The molecule has 1 aromatic carbocycles. The minimum atomic E-state index is -0.415. The molecule has 2 aliphatic carbocycles. The topological polar surface area (TPSA) is 53.8 Å². The van der Waals surface area contributed by atoms with Gasteiger partial charge in [-0.2, -0.15) is 10.2 Å². The van der Waals surface area contributed by atoms with Crippen LogP contribution in [0.25, 0.3) is 0 Å². The third-order valence-electron chi connectivity index (χ3n) is 7.27. The zero-order valence-corrected chi connectivity index (χ0v) is 17.1. The van der Waals surface area contributed by atoms with Gasteiger partial charge in [-0.25, -0.2) is 0 Å². The highest BCUT2D eigenvalue weighted by molar-refractivity contribution is 6.01. The predicted molar refractivity (Wildman–Crippen MR) is 110 cm³/mol. The summed E-state index contributed by atoms with van der Waals surface area (Å²) in [5.41, 5.74) is 5.41. The van der Waals surface area contributed by atoms with Gasteiger partial charge in [-0.05, 0) is 48.1 Å². The van der Waals surface area contributed by atoms with Crippen molar-refractivity contribution in [3.05, 3.63) is 58.4 Å². The molecule has 1 aromatic rings. The first-order valence-electron chi connectivity index (χ1n) is 10.7. The Morgan fingerprint density at radius 3 is 2.75 bits per heavy atom. The summed E-state index contributed by atoms with van der Waals surface area (Å²) < 4.78 is 0. The molecule has 1 saturated carbocycles. The molecule has 0 aromatic heterocycles. The van der Waals surface area contributed by atoms with E-state index in [9.17, 15) is 4.79 Å². The third-order valence-corrected chi connectivity index (χ3v) is 7.27. The van der Waals surface area contributed by atoms with Gasteiger partial charge in [0.25, 0.3) is 0 Å². The van der Waals surface area contributed by atoms with Gasteiger partial charge >= 0.3 is 0 Å². The molecule has 1 unspecified atom stereocenters. The van der Waals surface area contributed by atoms with Gasteiger partial charge in [-0.15, -0.1) is 0 Å². The molecular weight excluding hydrogens is 346 g/mol. The number of carbonyl (C=O) groups is 1. The normalized spacial score (nSPS) is 31.0. The first kappa shape index (κ1) is 17.8. The second-order valence-corrected chi connectivity index (χ2v) is 9.67. The van der Waals surface area contributed by atoms with E-state index >= 15 is 0 Å². The second-order valence-electron chi connectivity index (χ2n) is 9.67. The van der Waals surface area contributed by atoms with Crippen LogP contribution in [-0.4, -0.2) is 11.9 Å². The van der Waals surface area contributed by atoms with E-state index in [0.717, 1.165) is 29.7 Å². The van der Waals surface area contributed by atoms with Crippen LogP contribution in [0, 0.1) is 5.41 Å². The van der Waals surface area contributed by atoms with Gasteiger partial charge in [0, 0.05) is 23.3 Å². The number of allylic oxidation sites excluding steroid dienone is 2. The van der Waals surface area contributed by atoms with Gasteiger partial charge in [0.15, 0.2) is 11.9 Å². The van der Waals surface area contributed by atoms with Crippen LogP contribution in [-0.2, 0) is 10.2 Å². The average molecular weight is 376 g/mol. The van der Waals surface area contributed by atoms with E-state index < -0.39 is 5.41 Å². The summed E-state index contributed by atoms with van der Waals surface area (Å²) in [4.78, 5) is 13.5. The van der Waals surface area contributed by atoms with Gasteiger partial charge in [-0.3, -0.25) is 4.79 Å². The maximum absolute atomic E-state index is 13.5. The number of benzene rings is 1. The molecule has 28 heavy (non-hydrogen) atoms. The Labute approximate surface area is 167 Å². The summed E-state index contributed by atoms with van der Waals surface area (Å²) in [6, 6.07) is 9.02. The Morgan fingerprint density at radius 1 is 1.21 bits per heavy atom. The number of ketones is 1. The van der Waals surface area contributed by atoms with E-state index in [2.05, 4.69) is 60.6 Å². The zero-order chi connectivity index (χ0) is 19.5. The molecular formula is C24H29N3O. The van der Waals surface area contributed by atoms with Gasteiger partial charge in [-0.1, -0.05) is 51.5 Å². The van der Waals surface area contributed by atoms with Crippen molar-refractivity contribution in [3.8, 4) is 0 Å². The number of carbonyl (C=O) groups excluding carboxylic acids is 1. The second kappa shape index (κ2) is 6.13. The molecule has 4 nitrogen and oxygen atoms in total. The van der Waals surface area contributed by atoms with Crippen LogP contribution in [0.5, 0.6) is 0 Å². The Bertz CT molecular complexity index is 935. The van der Waals surface area contributed by atoms with Crippen LogP contribution in [0.4, 0.5) is 0 Å². The monoisotopic (exact) mass is 375 g/mol. The third kappa shape index (κ3) is 2.46. The molecule has 1 N–H and O–H groups in total. The van der Waals surface area contributed by atoms with Gasteiger partial charge < -0.3 is 5.32 Å². The standard InChI is InChI=1S/C24H29N3O/c1-4-24(17-10-6-9-16(11-17)15-7-5-8-15)18-14-25-27-22(18)26-19-12-23(2,3)13-20(28)21(19)24/h6,9-11,14-15,22,26H,4-5,7-8,12-13H2,1-3H3/t22?,24-/m0/s1. The fraction of sp³-hybridized carbons (Fsp3) is 0.542. The van der Waals surface area contributed by atoms with Crippen molar-refractivity contribution in [2.75, 3.05) is 0 Å². The lowest BCUT2D eigenvalue weighted by atomic mass is 9.58. The molecule has 2 aliphatic heterocycles. The van der Waals surface area contributed by atoms with Crippen molar-refractivity contribution < 1.29 is 4.79 Å². The predicted octanol–water partition coefficient (Wildman–Crippen LogP) is 5.52. The zero-order valence-electron chi connectivity index (χ0n) is 17.1. The summed E-state index contributed by atoms with van der Waals surface area (Å²) in [5.74, 6) is 0.952. The highest BCUT2D eigenvalue weighted by atomic mass is 16.1. The summed E-state index contributed by atoms with van der Waals surface area (Å²) in [6.07, 6.45) is 7.97. The molecule has 4 aliphatic rings. The fourth-order valence-electron chi connectivity index (χ4n) is 5.69. The van der Waals surface area contributed by atoms with Crippen molar-refractivity contribution in [2.24, 2.45) is 15.6 Å². The number of nitrogens with one attached hydrogen (secondary N) is 1. The molecule has 0 spiro atoms. The average Bonchev–Trinajstić information content (AvgIpc) is 3.06. The lowest BCUT2D eigenvalue weighted by Gasteiger charge is -2.48. The number of fused-ring (bicyclic) bond motifs is 1. The fourth-order valence-corrected chi connectivity index (χ4v) is 5.69. The summed E-state index contributed by atoms with van der Waals surface area (Å²) >= 11 is 0. The molecule has 0 radical (unpaired) electrons. The van der Waals surface area contributed by atoms with E-state index in [0.29, 0.717) is 12.3 Å². The Hall–Kier alpha value is -2.23. The van der Waals surface area contributed by atoms with E-state index in [4.69, 9.17) is 0 Å². The minimum Gasteiger partial charge on any atom is -0.362 e. The number of nitrogens with zero attached hydrogens (tertiary/aromatic N) is 2. The van der Waals surface area contributed by atoms with Crippen molar-refractivity contribution in [1.29, 1.82) is 0 Å². The molecule has 0 saturated heterocycles. The number of hydrogen-bond donors (Lipinski definition) is 1. The number of hydrogen-bond acceptors (Lipinski definition) is 4. The highest BCUT2D eigenvalue weighted by Gasteiger charge is 2.53. The van der Waals surface area contributed by atoms with Crippen LogP contribution in [0.2, 0.25) is 0 Å². The lowest BCUT2D eigenvalue weighted by Crippen LogP contribution is -2.51. The van der Waals surface area contributed by atoms with Crippen LogP contribution >= 0.6 is 0 Å². The lowest BCUT2D eigenvalue weighted by molar-refractivity contribution is -0.119. The smallest absolute Gasteiger partial charge is 0.164 e. The number of Topliss-reactive ketones (excluding diaryl/α,β-unsaturated/α-hetero) is 1. The van der Waals surface area contributed by atoms with E-state index in [1.54, 1.807) is 0 Å². The molecule has 0 amide bonds. The van der Waals surface area contributed by atoms with E-state index in [1.165, 1.54) is 30.4 Å². The van der Waals surface area contributed by atoms with Crippen molar-refractivity contribution in [2.45, 2.75) is 76.8 Å². The maximum atomic E-state index is 13.5. The first-order chi connectivity index (χ1) is 13.4. The molecule has 2 atom stereocenters. The largest absolute Gasteiger partial charge is 0.362 e. The van der Waals surface area contributed by atoms with Crippen LogP contribution < -0.4 is 5.32 Å². The molecule has 146 valence electrons. The molecule has 5 rings (SSSR count). The Kier molecular flexibility index (Phi) is 3.91. The van der Waals surface area contributed by atoms with E-state index in [-0.39, 0.29) is 17.4 Å². The number of azo groups is 1. The van der Waals surface area contributed by atoms with Crippen LogP contribution in [0.15, 0.2) is 57.5 Å². The van der Waals surface area contributed by atoms with Crippen molar-refractivity contribution in [3.63, 3.8) is 0 Å². The maximum Gasteiger partial charge on any atom is 0.164 e. The number of rotatable bonds is 3. The molecule has 4 heteroatoms. The molecule has 1 fully saturated rings. The first-order valence-corrected chi connectivity index (χ1v) is 10.7. The Morgan fingerprint density at radius 2 is 2.04 bits per heavy atom. The van der Waals surface area contributed by atoms with Crippen LogP contribution in [0.1, 0.15) is 76.3 Å². The van der Waals surface area contributed by atoms with E-state index in [1.807, 2.05) is 6.20 Å². The van der Waals surface area contributed by atoms with Crippen molar-refractivity contribution >= 4 is 5.78 Å². The Balaban J connectivity index is 1.72. The summed E-state index contributed by atoms with van der Waals surface area (Å²) in [6.45, 7) is 6.57.